The Morgan fingerprint density at radius 3 is 2.78 bits per heavy atom. The highest BCUT2D eigenvalue weighted by Crippen LogP contribution is 2.23. The molecule has 0 radical (unpaired) electrons. The number of hydrogen-bond donors (Lipinski definition) is 0. The molecule has 0 saturated carbocycles. The predicted molar refractivity (Wildman–Crippen MR) is 30.7 cm³/mol. The summed E-state index contributed by atoms with van der Waals surface area (Å²) in [5.74, 6) is 0. The maximum Gasteiger partial charge on any atom is 0.732 e. The lowest BCUT2D eigenvalue weighted by Crippen LogP contribution is -1.83. The van der Waals surface area contributed by atoms with Crippen molar-refractivity contribution >= 4 is 8.25 Å². The normalized spacial score (nSPS) is 11.6. The standard InChI is InChI=1S/C4H9FO3P/c1-2-3-4-7-9(6)8-5/h2-4H2,1H3/q+1. The van der Waals surface area contributed by atoms with E-state index in [2.05, 4.69) is 9.25 Å². The first-order valence-corrected chi connectivity index (χ1v) is 3.79. The molecule has 0 aromatic rings. The lowest BCUT2D eigenvalue weighted by atomic mass is 10.4. The van der Waals surface area contributed by atoms with Crippen LogP contribution in [0.4, 0.5) is 4.53 Å². The van der Waals surface area contributed by atoms with Crippen molar-refractivity contribution in [2.75, 3.05) is 6.61 Å². The van der Waals surface area contributed by atoms with Crippen LogP contribution in [-0.4, -0.2) is 6.61 Å². The molecule has 0 aliphatic carbocycles. The third-order valence-electron chi connectivity index (χ3n) is 0.751. The smallest absolute Gasteiger partial charge is 0.117 e. The van der Waals surface area contributed by atoms with Crippen LogP contribution in [0.15, 0.2) is 0 Å². The van der Waals surface area contributed by atoms with Crippen molar-refractivity contribution in [2.45, 2.75) is 19.8 Å². The maximum atomic E-state index is 10.9. The Balaban J connectivity index is 2.97. The predicted octanol–water partition coefficient (Wildman–Crippen LogP) is 2.36. The largest absolute Gasteiger partial charge is 0.732 e. The van der Waals surface area contributed by atoms with E-state index in [1.54, 1.807) is 0 Å². The van der Waals surface area contributed by atoms with E-state index < -0.39 is 8.25 Å². The van der Waals surface area contributed by atoms with Crippen LogP contribution in [0.2, 0.25) is 0 Å². The molecule has 1 unspecified atom stereocenters. The summed E-state index contributed by atoms with van der Waals surface area (Å²) in [7, 11) is -2.51. The molecule has 0 aromatic carbocycles. The molecule has 54 valence electrons. The second-order valence-electron chi connectivity index (χ2n) is 1.48. The van der Waals surface area contributed by atoms with Crippen molar-refractivity contribution in [3.8, 4) is 0 Å². The first-order chi connectivity index (χ1) is 4.31. The maximum absolute atomic E-state index is 10.9. The van der Waals surface area contributed by atoms with Crippen molar-refractivity contribution in [1.82, 2.24) is 0 Å². The third-order valence-corrected chi connectivity index (χ3v) is 1.26. The van der Waals surface area contributed by atoms with Crippen molar-refractivity contribution in [2.24, 2.45) is 0 Å². The van der Waals surface area contributed by atoms with Crippen LogP contribution >= 0.6 is 8.25 Å². The van der Waals surface area contributed by atoms with Crippen LogP contribution in [0.3, 0.4) is 0 Å². The molecule has 0 heterocycles. The highest BCUT2D eigenvalue weighted by atomic mass is 31.1. The van der Waals surface area contributed by atoms with Crippen LogP contribution in [0.1, 0.15) is 19.8 Å². The fourth-order valence-electron chi connectivity index (χ4n) is 0.303. The highest BCUT2D eigenvalue weighted by Gasteiger charge is 2.19. The Labute approximate surface area is 54.0 Å². The first kappa shape index (κ1) is 8.95. The van der Waals surface area contributed by atoms with E-state index >= 15 is 0 Å². The quantitative estimate of drug-likeness (QED) is 0.451. The van der Waals surface area contributed by atoms with E-state index in [1.807, 2.05) is 6.92 Å². The Bertz CT molecular complexity index is 87.9. The van der Waals surface area contributed by atoms with Crippen molar-refractivity contribution in [1.29, 1.82) is 0 Å². The summed E-state index contributed by atoms with van der Waals surface area (Å²) in [5, 5.41) is 0. The minimum absolute atomic E-state index is 0.287. The van der Waals surface area contributed by atoms with Crippen LogP contribution in [0.25, 0.3) is 0 Å². The van der Waals surface area contributed by atoms with Crippen LogP contribution in [-0.2, 0) is 13.8 Å². The van der Waals surface area contributed by atoms with Gasteiger partial charge in [0.05, 0.1) is 0 Å². The minimum Gasteiger partial charge on any atom is -0.117 e. The molecule has 0 aliphatic rings. The summed E-state index contributed by atoms with van der Waals surface area (Å²) in [4.78, 5) is 0. The molecule has 5 heteroatoms. The first-order valence-electron chi connectivity index (χ1n) is 2.70. The lowest BCUT2D eigenvalue weighted by Gasteiger charge is -1.83. The molecular formula is C4H9FO3P+. The van der Waals surface area contributed by atoms with E-state index in [4.69, 9.17) is 0 Å². The van der Waals surface area contributed by atoms with Gasteiger partial charge in [-0.25, -0.2) is 0 Å². The van der Waals surface area contributed by atoms with Gasteiger partial charge in [-0.15, -0.1) is 4.52 Å². The van der Waals surface area contributed by atoms with E-state index in [9.17, 15) is 9.09 Å². The topological polar surface area (TPSA) is 35.5 Å². The van der Waals surface area contributed by atoms with Gasteiger partial charge in [-0.1, -0.05) is 13.3 Å². The fraction of sp³-hybridized carbons (Fsp3) is 1.00. The van der Waals surface area contributed by atoms with Gasteiger partial charge in [0.25, 0.3) is 0 Å². The van der Waals surface area contributed by atoms with Crippen molar-refractivity contribution in [3.05, 3.63) is 0 Å². The molecule has 0 rings (SSSR count). The summed E-state index contributed by atoms with van der Waals surface area (Å²) in [6.45, 7) is 2.24. The summed E-state index contributed by atoms with van der Waals surface area (Å²) in [6, 6.07) is 0. The molecule has 9 heavy (non-hydrogen) atoms. The average molecular weight is 155 g/mol. The number of unbranched alkanes of at least 4 members (excludes halogenated alkanes) is 1. The van der Waals surface area contributed by atoms with E-state index in [1.165, 1.54) is 0 Å². The van der Waals surface area contributed by atoms with Gasteiger partial charge >= 0.3 is 8.25 Å². The van der Waals surface area contributed by atoms with E-state index in [-0.39, 0.29) is 6.61 Å². The van der Waals surface area contributed by atoms with Gasteiger partial charge in [-0.2, -0.15) is 0 Å². The van der Waals surface area contributed by atoms with Gasteiger partial charge in [-0.05, 0) is 6.42 Å². The molecule has 0 amide bonds. The molecule has 0 saturated heterocycles. The van der Waals surface area contributed by atoms with Gasteiger partial charge < -0.3 is 0 Å². The summed E-state index contributed by atoms with van der Waals surface area (Å²) in [5.41, 5.74) is 0. The molecule has 0 aromatic heterocycles. The van der Waals surface area contributed by atoms with Gasteiger partial charge in [0.1, 0.15) is 11.3 Å². The van der Waals surface area contributed by atoms with Crippen LogP contribution in [0, 0.1) is 0 Å². The molecule has 1 atom stereocenters. The molecule has 0 fully saturated rings. The Hall–Kier alpha value is -0.0500. The SMILES string of the molecule is CCCCO[P+](=O)OF. The zero-order valence-corrected chi connectivity index (χ0v) is 6.07. The number of hydrogen-bond acceptors (Lipinski definition) is 3. The Morgan fingerprint density at radius 1 is 1.67 bits per heavy atom. The van der Waals surface area contributed by atoms with E-state index in [0.717, 1.165) is 12.8 Å². The zero-order chi connectivity index (χ0) is 7.11. The fourth-order valence-corrected chi connectivity index (χ4v) is 0.621. The van der Waals surface area contributed by atoms with Crippen molar-refractivity contribution < 1.29 is 18.3 Å². The highest BCUT2D eigenvalue weighted by molar-refractivity contribution is 7.33. The van der Waals surface area contributed by atoms with E-state index in [0.29, 0.717) is 0 Å². The Kier molecular flexibility index (Phi) is 6.04. The van der Waals surface area contributed by atoms with Crippen LogP contribution in [0.5, 0.6) is 0 Å². The second kappa shape index (κ2) is 6.08. The van der Waals surface area contributed by atoms with Gasteiger partial charge in [-0.3, -0.25) is 0 Å². The Morgan fingerprint density at radius 2 is 2.33 bits per heavy atom. The number of halogens is 1. The molecule has 0 spiro atoms. The molecule has 0 bridgehead atoms. The van der Waals surface area contributed by atoms with Crippen molar-refractivity contribution in [3.63, 3.8) is 0 Å². The zero-order valence-electron chi connectivity index (χ0n) is 5.17. The summed E-state index contributed by atoms with van der Waals surface area (Å²) < 4.78 is 28.1. The minimum atomic E-state index is -2.51. The van der Waals surface area contributed by atoms with Gasteiger partial charge in [0, 0.05) is 9.09 Å². The van der Waals surface area contributed by atoms with Crippen LogP contribution < -0.4 is 0 Å². The molecular weight excluding hydrogens is 146 g/mol. The lowest BCUT2D eigenvalue weighted by molar-refractivity contribution is -0.0161. The van der Waals surface area contributed by atoms with Gasteiger partial charge in [0.2, 0.25) is 0 Å². The third kappa shape index (κ3) is 5.83. The molecule has 0 N–H and O–H groups in total. The summed E-state index contributed by atoms with van der Waals surface area (Å²) in [6.07, 6.45) is 1.69. The average Bonchev–Trinajstić information content (AvgIpc) is 1.89. The monoisotopic (exact) mass is 155 g/mol. The number of rotatable bonds is 5. The second-order valence-corrected chi connectivity index (χ2v) is 2.32. The summed E-state index contributed by atoms with van der Waals surface area (Å²) >= 11 is 0. The van der Waals surface area contributed by atoms with Gasteiger partial charge in [0.15, 0.2) is 0 Å². The molecule has 3 nitrogen and oxygen atoms in total. The molecule has 0 aliphatic heterocycles.